The van der Waals surface area contributed by atoms with E-state index >= 15 is 0 Å². The fourth-order valence-corrected chi connectivity index (χ4v) is 4.69. The van der Waals surface area contributed by atoms with Gasteiger partial charge in [0.2, 0.25) is 5.91 Å². The van der Waals surface area contributed by atoms with Gasteiger partial charge in [-0.1, -0.05) is 18.2 Å². The summed E-state index contributed by atoms with van der Waals surface area (Å²) < 4.78 is 0. The van der Waals surface area contributed by atoms with E-state index in [0.717, 1.165) is 16.5 Å². The van der Waals surface area contributed by atoms with Crippen LogP contribution in [0.4, 0.5) is 0 Å². The van der Waals surface area contributed by atoms with Gasteiger partial charge in [0, 0.05) is 23.0 Å². The Hall–Kier alpha value is -2.87. The third kappa shape index (κ3) is 2.68. The molecule has 27 heavy (non-hydrogen) atoms. The van der Waals surface area contributed by atoms with Crippen LogP contribution in [-0.2, 0) is 20.8 Å². The van der Waals surface area contributed by atoms with Crippen LogP contribution in [0.5, 0.6) is 0 Å². The number of fused-ring (bicyclic) bond motifs is 2. The van der Waals surface area contributed by atoms with E-state index in [9.17, 15) is 24.6 Å². The summed E-state index contributed by atoms with van der Waals surface area (Å²) in [4.78, 5) is 39.0. The van der Waals surface area contributed by atoms with Crippen LogP contribution in [0.2, 0.25) is 0 Å². The van der Waals surface area contributed by atoms with Gasteiger partial charge in [-0.25, -0.2) is 4.79 Å². The standard InChI is InChI=1S/C19H21N3O5/c20-12(7-9-8-21-13-4-2-1-3-10(9)13)16(23)22-19(18(26)27)6-5-11-14(15(11)19)17(24)25/h1-4,8,11-12,14-15,21H,5-7,20H2,(H,22,23)(H,24,25)(H,26,27)/t11-,12-,14-,15-,19-/m0/s1. The van der Waals surface area contributed by atoms with Gasteiger partial charge >= 0.3 is 11.9 Å². The third-order valence-corrected chi connectivity index (χ3v) is 6.07. The maximum Gasteiger partial charge on any atom is 0.329 e. The number of hydrogen-bond donors (Lipinski definition) is 5. The number of H-pyrrole nitrogens is 1. The van der Waals surface area contributed by atoms with Crippen LogP contribution >= 0.6 is 0 Å². The second kappa shape index (κ2) is 6.09. The molecule has 1 aromatic carbocycles. The summed E-state index contributed by atoms with van der Waals surface area (Å²) in [5.41, 5.74) is 6.32. The number of nitrogens with two attached hydrogens (primary N) is 1. The Morgan fingerprint density at radius 3 is 2.70 bits per heavy atom. The Bertz CT molecular complexity index is 938. The monoisotopic (exact) mass is 371 g/mol. The van der Waals surface area contributed by atoms with Crippen molar-refractivity contribution in [1.29, 1.82) is 0 Å². The molecule has 2 aliphatic rings. The highest BCUT2D eigenvalue weighted by atomic mass is 16.4. The first-order valence-corrected chi connectivity index (χ1v) is 8.94. The molecule has 8 nitrogen and oxygen atoms in total. The molecular weight excluding hydrogens is 350 g/mol. The van der Waals surface area contributed by atoms with Crippen LogP contribution in [0.1, 0.15) is 18.4 Å². The number of aliphatic carboxylic acids is 2. The maximum absolute atomic E-state index is 12.7. The van der Waals surface area contributed by atoms with Gasteiger partial charge in [-0.2, -0.15) is 0 Å². The van der Waals surface area contributed by atoms with Crippen molar-refractivity contribution in [2.75, 3.05) is 0 Å². The molecule has 0 spiro atoms. The summed E-state index contributed by atoms with van der Waals surface area (Å²) in [6, 6.07) is 6.70. The Kier molecular flexibility index (Phi) is 3.96. The number of rotatable bonds is 6. The van der Waals surface area contributed by atoms with E-state index in [0.29, 0.717) is 6.42 Å². The molecule has 0 bridgehead atoms. The van der Waals surface area contributed by atoms with E-state index in [1.165, 1.54) is 0 Å². The van der Waals surface area contributed by atoms with E-state index in [-0.39, 0.29) is 18.8 Å². The molecule has 8 heteroatoms. The Morgan fingerprint density at radius 1 is 1.30 bits per heavy atom. The SMILES string of the molecule is N[C@@H](Cc1c[nH]c2ccccc12)C(=O)N[C@@]1(C(=O)O)CC[C@H]2[C@H](C(=O)O)[C@H]21. The van der Waals surface area contributed by atoms with Crippen LogP contribution in [0, 0.1) is 17.8 Å². The van der Waals surface area contributed by atoms with Crippen molar-refractivity contribution in [3.63, 3.8) is 0 Å². The molecule has 1 aromatic heterocycles. The summed E-state index contributed by atoms with van der Waals surface area (Å²) in [5.74, 6) is -4.24. The summed E-state index contributed by atoms with van der Waals surface area (Å²) in [7, 11) is 0. The molecule has 4 rings (SSSR count). The highest BCUT2D eigenvalue weighted by molar-refractivity contribution is 5.93. The number of para-hydroxylation sites is 1. The topological polar surface area (TPSA) is 146 Å². The van der Waals surface area contributed by atoms with Gasteiger partial charge in [0.05, 0.1) is 12.0 Å². The largest absolute Gasteiger partial charge is 0.481 e. The van der Waals surface area contributed by atoms with Crippen molar-refractivity contribution in [1.82, 2.24) is 10.3 Å². The fourth-order valence-electron chi connectivity index (χ4n) is 4.69. The molecule has 2 aromatic rings. The minimum atomic E-state index is -1.54. The van der Waals surface area contributed by atoms with Gasteiger partial charge < -0.3 is 26.2 Å². The summed E-state index contributed by atoms with van der Waals surface area (Å²) in [6.45, 7) is 0. The van der Waals surface area contributed by atoms with Crippen LogP contribution in [0.25, 0.3) is 10.9 Å². The van der Waals surface area contributed by atoms with E-state index < -0.39 is 41.3 Å². The molecule has 6 N–H and O–H groups in total. The van der Waals surface area contributed by atoms with Crippen molar-refractivity contribution in [3.05, 3.63) is 36.0 Å². The summed E-state index contributed by atoms with van der Waals surface area (Å²) >= 11 is 0. The number of carbonyl (C=O) groups excluding carboxylic acids is 1. The molecular formula is C19H21N3O5. The molecule has 0 aliphatic heterocycles. The Balaban J connectivity index is 1.50. The minimum absolute atomic E-state index is 0.191. The maximum atomic E-state index is 12.7. The van der Waals surface area contributed by atoms with E-state index in [1.54, 1.807) is 6.20 Å². The van der Waals surface area contributed by atoms with Crippen LogP contribution in [-0.4, -0.2) is 44.6 Å². The molecule has 1 amide bonds. The molecule has 0 unspecified atom stereocenters. The Labute approximate surface area is 154 Å². The zero-order chi connectivity index (χ0) is 19.3. The van der Waals surface area contributed by atoms with Gasteiger partial charge in [-0.05, 0) is 36.8 Å². The Morgan fingerprint density at radius 2 is 2.04 bits per heavy atom. The van der Waals surface area contributed by atoms with Crippen molar-refractivity contribution < 1.29 is 24.6 Å². The lowest BCUT2D eigenvalue weighted by Crippen LogP contribution is -2.59. The average Bonchev–Trinajstić information content (AvgIpc) is 3.06. The number of benzene rings is 1. The molecule has 0 saturated heterocycles. The first-order chi connectivity index (χ1) is 12.8. The van der Waals surface area contributed by atoms with Gasteiger partial charge in [-0.3, -0.25) is 9.59 Å². The van der Waals surface area contributed by atoms with Crippen LogP contribution < -0.4 is 11.1 Å². The van der Waals surface area contributed by atoms with Crippen LogP contribution in [0.15, 0.2) is 30.5 Å². The van der Waals surface area contributed by atoms with Crippen molar-refractivity contribution >= 4 is 28.7 Å². The number of nitrogens with one attached hydrogen (secondary N) is 2. The predicted octanol–water partition coefficient (Wildman–Crippen LogP) is 0.718. The number of carbonyl (C=O) groups is 3. The van der Waals surface area contributed by atoms with Gasteiger partial charge in [0.1, 0.15) is 5.54 Å². The summed E-state index contributed by atoms with van der Waals surface area (Å²) in [6.07, 6.45) is 2.75. The zero-order valence-corrected chi connectivity index (χ0v) is 14.5. The molecule has 0 radical (unpaired) electrons. The molecule has 2 fully saturated rings. The molecule has 1 heterocycles. The number of hydrogen-bond acceptors (Lipinski definition) is 4. The lowest BCUT2D eigenvalue weighted by molar-refractivity contribution is -0.150. The second-order valence-electron chi connectivity index (χ2n) is 7.53. The smallest absolute Gasteiger partial charge is 0.329 e. The minimum Gasteiger partial charge on any atom is -0.481 e. The molecule has 2 saturated carbocycles. The van der Waals surface area contributed by atoms with Crippen molar-refractivity contribution in [2.24, 2.45) is 23.5 Å². The summed E-state index contributed by atoms with van der Waals surface area (Å²) in [5, 5.41) is 22.5. The number of aromatic amines is 1. The molecule has 5 atom stereocenters. The first kappa shape index (κ1) is 17.5. The van der Waals surface area contributed by atoms with Gasteiger partial charge in [0.15, 0.2) is 0 Å². The fraction of sp³-hybridized carbons (Fsp3) is 0.421. The van der Waals surface area contributed by atoms with Crippen LogP contribution in [0.3, 0.4) is 0 Å². The average molecular weight is 371 g/mol. The highest BCUT2D eigenvalue weighted by Gasteiger charge is 2.72. The quantitative estimate of drug-likeness (QED) is 0.506. The van der Waals surface area contributed by atoms with Gasteiger partial charge in [0.25, 0.3) is 0 Å². The van der Waals surface area contributed by atoms with E-state index in [4.69, 9.17) is 5.73 Å². The second-order valence-corrected chi connectivity index (χ2v) is 7.53. The lowest BCUT2D eigenvalue weighted by Gasteiger charge is -2.29. The number of aromatic nitrogens is 1. The molecule has 142 valence electrons. The van der Waals surface area contributed by atoms with E-state index in [1.807, 2.05) is 24.3 Å². The number of amides is 1. The van der Waals surface area contributed by atoms with Gasteiger partial charge in [-0.15, -0.1) is 0 Å². The third-order valence-electron chi connectivity index (χ3n) is 6.07. The number of carboxylic acids is 2. The normalized spacial score (nSPS) is 29.9. The van der Waals surface area contributed by atoms with Crippen molar-refractivity contribution in [2.45, 2.75) is 30.8 Å². The first-order valence-electron chi connectivity index (χ1n) is 8.94. The van der Waals surface area contributed by atoms with Crippen molar-refractivity contribution in [3.8, 4) is 0 Å². The zero-order valence-electron chi connectivity index (χ0n) is 14.5. The lowest BCUT2D eigenvalue weighted by atomic mass is 9.89. The molecule has 2 aliphatic carbocycles. The van der Waals surface area contributed by atoms with E-state index in [2.05, 4.69) is 10.3 Å². The predicted molar refractivity (Wildman–Crippen MR) is 95.8 cm³/mol. The number of carboxylic acid groups (broad SMARTS) is 2. The highest BCUT2D eigenvalue weighted by Crippen LogP contribution is 2.62.